The summed E-state index contributed by atoms with van der Waals surface area (Å²) in [6, 6.07) is 23.6. The van der Waals surface area contributed by atoms with Crippen molar-refractivity contribution in [2.24, 2.45) is 23.7 Å². The molecule has 0 radical (unpaired) electrons. The zero-order valence-electron chi connectivity index (χ0n) is 94.4. The van der Waals surface area contributed by atoms with E-state index in [0.717, 1.165) is 85.6 Å². The van der Waals surface area contributed by atoms with Crippen LogP contribution in [0.2, 0.25) is 0 Å². The number of thiazole rings is 1. The van der Waals surface area contributed by atoms with Crippen LogP contribution in [-0.4, -0.2) is 159 Å². The zero-order valence-corrected chi connectivity index (χ0v) is 98.5. The summed E-state index contributed by atoms with van der Waals surface area (Å²) in [5.41, 5.74) is 3.00. The number of hydrogen-bond donors (Lipinski definition) is 4. The number of aromatic nitrogens is 5. The van der Waals surface area contributed by atoms with Crippen LogP contribution in [0.25, 0.3) is 10.9 Å². The number of nitrogens with zero attached hydrogens (tertiary/aromatic N) is 3. The van der Waals surface area contributed by atoms with Gasteiger partial charge in [0.15, 0.2) is 6.39 Å². The summed E-state index contributed by atoms with van der Waals surface area (Å²) in [6.45, 7) is 74.3. The lowest BCUT2D eigenvalue weighted by Crippen LogP contribution is -2.30. The number of furan rings is 1. The van der Waals surface area contributed by atoms with E-state index in [1.165, 1.54) is 238 Å². The quantitative estimate of drug-likeness (QED) is 0.113. The number of morpholine rings is 1. The smallest absolute Gasteiger partial charge is 0.180 e. The predicted octanol–water partition coefficient (Wildman–Crippen LogP) is 38.2. The predicted molar refractivity (Wildman–Crippen MR) is 627 cm³/mol. The molecule has 2 saturated carbocycles. The van der Waals surface area contributed by atoms with E-state index in [2.05, 4.69) is 110 Å². The molecule has 136 heavy (non-hydrogen) atoms. The fourth-order valence-corrected chi connectivity index (χ4v) is 21.6. The molecule has 2 aliphatic carbocycles. The lowest BCUT2D eigenvalue weighted by Gasteiger charge is -2.21. The maximum atomic E-state index is 5.84. The van der Waals surface area contributed by atoms with Gasteiger partial charge in [0.1, 0.15) is 6.26 Å². The van der Waals surface area contributed by atoms with Crippen molar-refractivity contribution in [3.05, 3.63) is 152 Å². The third-order valence-corrected chi connectivity index (χ3v) is 27.3. The van der Waals surface area contributed by atoms with Crippen LogP contribution < -0.4 is 10.6 Å². The second-order valence-electron chi connectivity index (χ2n) is 28.4. The third kappa shape index (κ3) is 90.4. The van der Waals surface area contributed by atoms with Crippen LogP contribution in [0.3, 0.4) is 0 Å². The monoisotopic (exact) mass is 2010 g/mol. The average molecular weight is 2010 g/mol. The van der Waals surface area contributed by atoms with Gasteiger partial charge in [0, 0.05) is 109 Å². The molecule has 1 aromatic carbocycles. The summed E-state index contributed by atoms with van der Waals surface area (Å²) in [7, 11) is 0. The van der Waals surface area contributed by atoms with E-state index in [4.69, 9.17) is 23.7 Å². The van der Waals surface area contributed by atoms with Gasteiger partial charge >= 0.3 is 0 Å². The van der Waals surface area contributed by atoms with Crippen LogP contribution in [0.1, 0.15) is 428 Å². The highest BCUT2D eigenvalue weighted by atomic mass is 32.2. The Morgan fingerprint density at radius 3 is 0.949 bits per heavy atom. The number of oxazole rings is 1. The molecule has 7 aromatic rings. The number of piperidine rings is 1. The minimum atomic E-state index is 0. The van der Waals surface area contributed by atoms with Crippen LogP contribution in [0.4, 0.5) is 0 Å². The first-order valence-corrected chi connectivity index (χ1v) is 61.4. The number of ether oxygens (including phenoxy) is 5. The molecule has 14 aliphatic heterocycles. The number of thioether (sulfide) groups is 4. The number of para-hydroxylation sites is 1. The number of rotatable bonds is 0. The Balaban J connectivity index is -0.000000153. The Hall–Kier alpha value is -3.57. The average Bonchev–Trinajstić information content (AvgIpc) is 1.63. The molecule has 23 rings (SSSR count). The van der Waals surface area contributed by atoms with Gasteiger partial charge in [-0.1, -0.05) is 279 Å². The van der Waals surface area contributed by atoms with Crippen molar-refractivity contribution in [3.8, 4) is 0 Å². The van der Waals surface area contributed by atoms with Crippen molar-refractivity contribution in [2.45, 2.75) is 473 Å². The second kappa shape index (κ2) is 138. The van der Waals surface area contributed by atoms with Crippen molar-refractivity contribution >= 4 is 69.3 Å². The molecule has 8 unspecified atom stereocenters. The van der Waals surface area contributed by atoms with Gasteiger partial charge in [0.2, 0.25) is 0 Å². The minimum absolute atomic E-state index is 0. The van der Waals surface area contributed by atoms with Gasteiger partial charge in [-0.15, -0.1) is 11.3 Å². The van der Waals surface area contributed by atoms with Crippen LogP contribution in [0.15, 0.2) is 161 Å². The number of benzene rings is 1. The number of aromatic amines is 2. The standard InChI is InChI=1S/C9H14O.C9H14S.C8H7N.C6H10O.C6H10S.C5H11N.C5H5N.C5H10O.C5H10S.C4H9NO.C4H5N.C4H8O.C4H4O.C4H8S.C3H3NO.C3H3NS.16C2H6.CH4/c2*1-2-6-7(3-1)9-5-4-8(6)10-9;1-2-4-8-7(3-1)5-6-9-8;2*1-2-6-4-3-5(1)7-6;4*1-2-4-6-5-3-1;1-3-6-4-2-5-1;4*1-2-4-5-3-1;2*1-2-5-3-4-1;16*1-2;/h2*6-9H,1-5H2;1-6,9H;2*5-6H,1-4H2;6H,1-5H2;1-5H;2*1-5H2;5H,1-4H2;1-5H;1-4H2;1-4H;1-4H2;2*1-3H;16*1-2H3;1H4. The van der Waals surface area contributed by atoms with Crippen molar-refractivity contribution in [3.63, 3.8) is 0 Å². The van der Waals surface area contributed by atoms with E-state index >= 15 is 0 Å². The number of H-pyrrole nitrogens is 2. The fourth-order valence-electron chi connectivity index (χ4n) is 15.5. The van der Waals surface area contributed by atoms with E-state index in [-0.39, 0.29) is 7.43 Å². The van der Waals surface area contributed by atoms with E-state index in [1.807, 2.05) is 300 Å². The van der Waals surface area contributed by atoms with Crippen molar-refractivity contribution in [1.82, 2.24) is 35.6 Å². The van der Waals surface area contributed by atoms with Gasteiger partial charge in [0.05, 0.1) is 61.9 Å². The molecule has 16 aliphatic rings. The van der Waals surface area contributed by atoms with Gasteiger partial charge < -0.3 is 53.1 Å². The van der Waals surface area contributed by atoms with Gasteiger partial charge in [0.25, 0.3) is 0 Å². The fraction of sp³-hybridized carbons (Fsp3) is 0.769. The Morgan fingerprint density at radius 1 is 0.301 bits per heavy atom. The highest BCUT2D eigenvalue weighted by Gasteiger charge is 2.51. The van der Waals surface area contributed by atoms with Crippen LogP contribution in [0, 0.1) is 23.7 Å². The maximum Gasteiger partial charge on any atom is 0.180 e. The van der Waals surface area contributed by atoms with Gasteiger partial charge in [-0.05, 0) is 287 Å². The molecule has 0 amide bonds. The number of pyridine rings is 1. The van der Waals surface area contributed by atoms with E-state index in [9.17, 15) is 0 Å². The van der Waals surface area contributed by atoms with Crippen molar-refractivity contribution in [2.75, 3.05) is 88.8 Å². The normalized spacial score (nSPS) is 22.3. The Bertz CT molecular complexity index is 2390. The summed E-state index contributed by atoms with van der Waals surface area (Å²) in [5.74, 6) is 9.98. The molecule has 20 heterocycles. The molecule has 4 N–H and O–H groups in total. The molecule has 8 atom stereocenters. The van der Waals surface area contributed by atoms with Gasteiger partial charge in [-0.3, -0.25) is 9.97 Å². The van der Waals surface area contributed by atoms with E-state index < -0.39 is 0 Å². The van der Waals surface area contributed by atoms with E-state index in [0.29, 0.717) is 24.4 Å². The van der Waals surface area contributed by atoms with Crippen LogP contribution in [-0.2, 0) is 23.7 Å². The zero-order chi connectivity index (χ0) is 103. The summed E-state index contributed by atoms with van der Waals surface area (Å²) in [4.78, 5) is 17.1. The lowest BCUT2D eigenvalue weighted by molar-refractivity contribution is 0.0814. The molecule has 14 nitrogen and oxygen atoms in total. The molecule has 8 bridgehead atoms. The number of fused-ring (bicyclic) bond motifs is 15. The SMILES string of the molecule is C.C1CC2C3CCC(O3)C2C1.C1CC2C3CCC(S3)C2C1.C1CC2CCC1O2.C1CC2CCC1S2.C1CCNCC1.C1CCOC1.C1CCOCC1.C1CCSC1.C1CCSCC1.C1COCCN1.CC.CC.CC.CC.CC.CC.CC.CC.CC.CC.CC.CC.CC.CC.CC.CC.c1cc[nH]c1.c1ccc2[nH]ccc2c1.c1ccncc1.c1ccoc1.c1cocn1.c1cscn1. The van der Waals surface area contributed by atoms with Gasteiger partial charge in [-0.2, -0.15) is 47.0 Å². The van der Waals surface area contributed by atoms with E-state index in [1.54, 1.807) is 86.3 Å². The molecular weight excluding hydrogens is 1780 g/mol. The van der Waals surface area contributed by atoms with Gasteiger partial charge in [-0.25, -0.2) is 4.98 Å². The summed E-state index contributed by atoms with van der Waals surface area (Å²) >= 11 is 10.3. The minimum Gasteiger partial charge on any atom is -0.473 e. The highest BCUT2D eigenvalue weighted by molar-refractivity contribution is 8.01. The molecule has 19 heteroatoms. The number of hydrogen-bond acceptors (Lipinski definition) is 17. The second-order valence-corrected chi connectivity index (χ2v) is 34.7. The Labute approximate surface area is 869 Å². The Kier molecular flexibility index (Phi) is 155. The molecule has 0 spiro atoms. The largest absolute Gasteiger partial charge is 0.473 e. The molecular formula is C117H231N7O7S5. The summed E-state index contributed by atoms with van der Waals surface area (Å²) in [5, 5.41) is 14.0. The third-order valence-electron chi connectivity index (χ3n) is 20.9. The highest BCUT2D eigenvalue weighted by Crippen LogP contribution is 2.59. The molecule has 806 valence electrons. The summed E-state index contributed by atoms with van der Waals surface area (Å²) < 4.78 is 35.4. The van der Waals surface area contributed by atoms with Crippen LogP contribution in [0.5, 0.6) is 0 Å². The summed E-state index contributed by atoms with van der Waals surface area (Å²) in [6.07, 6.45) is 65.8. The lowest BCUT2D eigenvalue weighted by atomic mass is 9.82. The first kappa shape index (κ1) is 153. The van der Waals surface area contributed by atoms with Crippen molar-refractivity contribution in [1.29, 1.82) is 0 Å². The van der Waals surface area contributed by atoms with Crippen molar-refractivity contribution < 1.29 is 32.5 Å². The first-order chi connectivity index (χ1) is 67.3. The Morgan fingerprint density at radius 2 is 0.713 bits per heavy atom. The molecule has 14 saturated heterocycles. The molecule has 16 fully saturated rings. The maximum absolute atomic E-state index is 5.84. The van der Waals surface area contributed by atoms with Crippen LogP contribution >= 0.6 is 58.4 Å². The first-order valence-electron chi connectivity index (χ1n) is 56.2. The number of nitrogens with one attached hydrogen (secondary N) is 4. The topological polar surface area (TPSA) is 167 Å². The molecule has 6 aromatic heterocycles.